The highest BCUT2D eigenvalue weighted by atomic mass is 16.1. The maximum atomic E-state index is 11.5. The van der Waals surface area contributed by atoms with E-state index in [1.165, 1.54) is 6.20 Å². The number of amides is 1. The van der Waals surface area contributed by atoms with Gasteiger partial charge in [-0.05, 0) is 24.8 Å². The SMILES string of the molecule is N#Cc1cnccc1NC(=O)CC1CC1. The van der Waals surface area contributed by atoms with E-state index in [-0.39, 0.29) is 5.91 Å². The number of pyridine rings is 1. The quantitative estimate of drug-likeness (QED) is 0.809. The van der Waals surface area contributed by atoms with Gasteiger partial charge < -0.3 is 5.32 Å². The van der Waals surface area contributed by atoms with E-state index in [1.807, 2.05) is 6.07 Å². The van der Waals surface area contributed by atoms with Crippen LogP contribution in [0.2, 0.25) is 0 Å². The summed E-state index contributed by atoms with van der Waals surface area (Å²) in [7, 11) is 0. The molecule has 2 rings (SSSR count). The Morgan fingerprint density at radius 3 is 3.13 bits per heavy atom. The van der Waals surface area contributed by atoms with Crippen LogP contribution in [-0.2, 0) is 4.79 Å². The third-order valence-corrected chi connectivity index (χ3v) is 2.39. The number of nitrogens with one attached hydrogen (secondary N) is 1. The predicted molar refractivity (Wildman–Crippen MR) is 54.9 cm³/mol. The van der Waals surface area contributed by atoms with Crippen LogP contribution in [0.1, 0.15) is 24.8 Å². The Balaban J connectivity index is 2.02. The lowest BCUT2D eigenvalue weighted by atomic mass is 10.2. The summed E-state index contributed by atoms with van der Waals surface area (Å²) in [4.78, 5) is 15.3. The normalized spacial score (nSPS) is 14.3. The molecule has 0 aromatic carbocycles. The largest absolute Gasteiger partial charge is 0.325 e. The van der Waals surface area contributed by atoms with Crippen molar-refractivity contribution in [3.8, 4) is 6.07 Å². The third kappa shape index (κ3) is 2.53. The molecule has 0 radical (unpaired) electrons. The van der Waals surface area contributed by atoms with Crippen molar-refractivity contribution in [2.75, 3.05) is 5.32 Å². The molecule has 0 bridgehead atoms. The van der Waals surface area contributed by atoms with Crippen molar-refractivity contribution in [2.24, 2.45) is 5.92 Å². The first-order valence-corrected chi connectivity index (χ1v) is 4.93. The van der Waals surface area contributed by atoms with Crippen LogP contribution in [0.25, 0.3) is 0 Å². The fourth-order valence-electron chi connectivity index (χ4n) is 1.38. The second-order valence-corrected chi connectivity index (χ2v) is 3.73. The highest BCUT2D eigenvalue weighted by molar-refractivity contribution is 5.92. The summed E-state index contributed by atoms with van der Waals surface area (Å²) < 4.78 is 0. The van der Waals surface area contributed by atoms with Crippen LogP contribution in [0.15, 0.2) is 18.5 Å². The number of nitriles is 1. The van der Waals surface area contributed by atoms with Crippen LogP contribution >= 0.6 is 0 Å². The Morgan fingerprint density at radius 1 is 1.67 bits per heavy atom. The number of hydrogen-bond acceptors (Lipinski definition) is 3. The molecule has 1 saturated carbocycles. The van der Waals surface area contributed by atoms with Crippen molar-refractivity contribution < 1.29 is 4.79 Å². The maximum Gasteiger partial charge on any atom is 0.224 e. The van der Waals surface area contributed by atoms with Gasteiger partial charge in [-0.3, -0.25) is 9.78 Å². The first-order chi connectivity index (χ1) is 7.29. The number of hydrogen-bond donors (Lipinski definition) is 1. The van der Waals surface area contributed by atoms with Gasteiger partial charge in [-0.1, -0.05) is 0 Å². The zero-order chi connectivity index (χ0) is 10.7. The summed E-state index contributed by atoms with van der Waals surface area (Å²) in [5, 5.41) is 11.5. The van der Waals surface area contributed by atoms with Crippen molar-refractivity contribution in [3.63, 3.8) is 0 Å². The standard InChI is InChI=1S/C11H11N3O/c12-6-9-7-13-4-3-10(9)14-11(15)5-8-1-2-8/h3-4,7-8H,1-2,5H2,(H,13,14,15). The molecule has 1 N–H and O–H groups in total. The fraction of sp³-hybridized carbons (Fsp3) is 0.364. The number of anilines is 1. The molecule has 1 fully saturated rings. The summed E-state index contributed by atoms with van der Waals surface area (Å²) in [5.41, 5.74) is 0.958. The number of rotatable bonds is 3. The number of carbonyl (C=O) groups is 1. The minimum absolute atomic E-state index is 0.0137. The van der Waals surface area contributed by atoms with E-state index in [9.17, 15) is 4.79 Å². The summed E-state index contributed by atoms with van der Waals surface area (Å²) in [6.07, 6.45) is 5.87. The Bertz CT molecular complexity index is 418. The lowest BCUT2D eigenvalue weighted by molar-refractivity contribution is -0.116. The van der Waals surface area contributed by atoms with Gasteiger partial charge in [-0.25, -0.2) is 0 Å². The number of nitrogens with zero attached hydrogens (tertiary/aromatic N) is 2. The van der Waals surface area contributed by atoms with Gasteiger partial charge >= 0.3 is 0 Å². The van der Waals surface area contributed by atoms with Gasteiger partial charge in [0.25, 0.3) is 0 Å². The molecular formula is C11H11N3O. The van der Waals surface area contributed by atoms with Crippen molar-refractivity contribution in [3.05, 3.63) is 24.0 Å². The van der Waals surface area contributed by atoms with Gasteiger partial charge in [0, 0.05) is 18.8 Å². The van der Waals surface area contributed by atoms with E-state index in [4.69, 9.17) is 5.26 Å². The monoisotopic (exact) mass is 201 g/mol. The lowest BCUT2D eigenvalue weighted by Crippen LogP contribution is -2.12. The van der Waals surface area contributed by atoms with Crippen LogP contribution in [0.3, 0.4) is 0 Å². The van der Waals surface area contributed by atoms with Crippen LogP contribution in [-0.4, -0.2) is 10.9 Å². The summed E-state index contributed by atoms with van der Waals surface area (Å²) in [6.45, 7) is 0. The molecule has 0 unspecified atom stereocenters. The Labute approximate surface area is 87.9 Å². The van der Waals surface area contributed by atoms with E-state index in [0.717, 1.165) is 12.8 Å². The van der Waals surface area contributed by atoms with Crippen molar-refractivity contribution in [1.82, 2.24) is 4.98 Å². The van der Waals surface area contributed by atoms with Gasteiger partial charge in [-0.2, -0.15) is 5.26 Å². The van der Waals surface area contributed by atoms with Crippen molar-refractivity contribution >= 4 is 11.6 Å². The summed E-state index contributed by atoms with van der Waals surface area (Å²) in [6, 6.07) is 3.63. The first-order valence-electron chi connectivity index (χ1n) is 4.93. The third-order valence-electron chi connectivity index (χ3n) is 2.39. The maximum absolute atomic E-state index is 11.5. The topological polar surface area (TPSA) is 65.8 Å². The smallest absolute Gasteiger partial charge is 0.224 e. The van der Waals surface area contributed by atoms with Gasteiger partial charge in [0.1, 0.15) is 6.07 Å². The molecular weight excluding hydrogens is 190 g/mol. The Hall–Kier alpha value is -1.89. The van der Waals surface area contributed by atoms with Crippen LogP contribution in [0.5, 0.6) is 0 Å². The molecule has 1 heterocycles. The zero-order valence-electron chi connectivity index (χ0n) is 8.23. The molecule has 1 amide bonds. The molecule has 1 aromatic heterocycles. The second-order valence-electron chi connectivity index (χ2n) is 3.73. The van der Waals surface area contributed by atoms with Gasteiger partial charge in [-0.15, -0.1) is 0 Å². The number of aromatic nitrogens is 1. The lowest BCUT2D eigenvalue weighted by Gasteiger charge is -2.05. The van der Waals surface area contributed by atoms with Crippen molar-refractivity contribution in [1.29, 1.82) is 5.26 Å². The number of carbonyl (C=O) groups excluding carboxylic acids is 1. The first kappa shape index (κ1) is 9.66. The molecule has 1 aliphatic carbocycles. The van der Waals surface area contributed by atoms with E-state index in [0.29, 0.717) is 23.6 Å². The van der Waals surface area contributed by atoms with Gasteiger partial charge in [0.2, 0.25) is 5.91 Å². The minimum atomic E-state index is -0.0137. The van der Waals surface area contributed by atoms with E-state index >= 15 is 0 Å². The molecule has 1 aliphatic rings. The molecule has 4 heteroatoms. The summed E-state index contributed by atoms with van der Waals surface area (Å²) in [5.74, 6) is 0.539. The Morgan fingerprint density at radius 2 is 2.47 bits per heavy atom. The van der Waals surface area contributed by atoms with E-state index in [2.05, 4.69) is 10.3 Å². The molecule has 0 atom stereocenters. The second kappa shape index (κ2) is 4.09. The molecule has 0 spiro atoms. The predicted octanol–water partition coefficient (Wildman–Crippen LogP) is 1.69. The Kier molecular flexibility index (Phi) is 2.64. The van der Waals surface area contributed by atoms with Gasteiger partial charge in [0.15, 0.2) is 0 Å². The van der Waals surface area contributed by atoms with Crippen molar-refractivity contribution in [2.45, 2.75) is 19.3 Å². The fourth-order valence-corrected chi connectivity index (χ4v) is 1.38. The molecule has 15 heavy (non-hydrogen) atoms. The molecule has 4 nitrogen and oxygen atoms in total. The molecule has 1 aromatic rings. The molecule has 0 aliphatic heterocycles. The average Bonchev–Trinajstić information content (AvgIpc) is 3.02. The minimum Gasteiger partial charge on any atom is -0.325 e. The zero-order valence-corrected chi connectivity index (χ0v) is 8.23. The van der Waals surface area contributed by atoms with Crippen LogP contribution in [0.4, 0.5) is 5.69 Å². The summed E-state index contributed by atoms with van der Waals surface area (Å²) >= 11 is 0. The molecule has 0 saturated heterocycles. The highest BCUT2D eigenvalue weighted by Gasteiger charge is 2.24. The average molecular weight is 201 g/mol. The van der Waals surface area contributed by atoms with Crippen LogP contribution in [0, 0.1) is 17.2 Å². The van der Waals surface area contributed by atoms with E-state index in [1.54, 1.807) is 12.3 Å². The van der Waals surface area contributed by atoms with E-state index < -0.39 is 0 Å². The van der Waals surface area contributed by atoms with Gasteiger partial charge in [0.05, 0.1) is 11.3 Å². The van der Waals surface area contributed by atoms with Crippen LogP contribution < -0.4 is 5.32 Å². The highest BCUT2D eigenvalue weighted by Crippen LogP contribution is 2.32. The molecule has 76 valence electrons.